The van der Waals surface area contributed by atoms with Crippen molar-refractivity contribution in [2.45, 2.75) is 52.7 Å². The van der Waals surface area contributed by atoms with Crippen LogP contribution in [0.1, 0.15) is 41.5 Å². The highest BCUT2D eigenvalue weighted by Gasteiger charge is 2.31. The Morgan fingerprint density at radius 1 is 0.935 bits per heavy atom. The van der Waals surface area contributed by atoms with Gasteiger partial charge in [-0.3, -0.25) is 9.69 Å². The molecule has 1 aromatic carbocycles. The highest BCUT2D eigenvalue weighted by Crippen LogP contribution is 2.23. The molecule has 1 fully saturated rings. The maximum absolute atomic E-state index is 13.0. The molecule has 1 saturated heterocycles. The van der Waals surface area contributed by atoms with Crippen LogP contribution in [0.5, 0.6) is 0 Å². The molecule has 1 aliphatic heterocycles. The fourth-order valence-electron chi connectivity index (χ4n) is 2.92. The van der Waals surface area contributed by atoms with Crippen molar-refractivity contribution < 1.29 is 23.9 Å². The van der Waals surface area contributed by atoms with Crippen LogP contribution in [-0.2, 0) is 14.3 Å². The van der Waals surface area contributed by atoms with E-state index in [1.807, 2.05) is 26.8 Å². The normalized spacial score (nSPS) is 14.8. The van der Waals surface area contributed by atoms with Gasteiger partial charge in [0.05, 0.1) is 0 Å². The predicted octanol–water partition coefficient (Wildman–Crippen LogP) is 4.27. The molecule has 9 heteroatoms. The number of halogens is 1. The summed E-state index contributed by atoms with van der Waals surface area (Å²) in [6.07, 6.45) is -0.976. The third-order valence-corrected chi connectivity index (χ3v) is 4.80. The SMILES string of the molecule is CC(C)(C)OC(=O)N1CCN(C(=O)CN(C(=O)OC(C)(C)C)c2cccc(Br)c2)CC1. The Morgan fingerprint density at radius 2 is 1.48 bits per heavy atom. The average molecular weight is 498 g/mol. The first kappa shape index (κ1) is 25.0. The van der Waals surface area contributed by atoms with E-state index in [4.69, 9.17) is 9.47 Å². The lowest BCUT2D eigenvalue weighted by atomic mass is 10.2. The second-order valence-electron chi connectivity index (χ2n) is 9.39. The Kier molecular flexibility index (Phi) is 7.97. The van der Waals surface area contributed by atoms with Gasteiger partial charge in [0.2, 0.25) is 5.91 Å². The Labute approximate surface area is 192 Å². The van der Waals surface area contributed by atoms with E-state index in [9.17, 15) is 14.4 Å². The summed E-state index contributed by atoms with van der Waals surface area (Å²) in [6.45, 7) is 12.1. The minimum absolute atomic E-state index is 0.155. The van der Waals surface area contributed by atoms with E-state index in [-0.39, 0.29) is 18.5 Å². The molecule has 31 heavy (non-hydrogen) atoms. The third-order valence-electron chi connectivity index (χ3n) is 4.31. The summed E-state index contributed by atoms with van der Waals surface area (Å²) in [5.41, 5.74) is -0.699. The van der Waals surface area contributed by atoms with Gasteiger partial charge in [-0.1, -0.05) is 22.0 Å². The number of carbonyl (C=O) groups excluding carboxylic acids is 3. The molecule has 0 bridgehead atoms. The Bertz CT molecular complexity index is 808. The molecule has 3 amide bonds. The minimum atomic E-state index is -0.691. The molecule has 0 atom stereocenters. The molecule has 1 heterocycles. The zero-order chi connectivity index (χ0) is 23.4. The van der Waals surface area contributed by atoms with E-state index >= 15 is 0 Å². The molecule has 0 unspecified atom stereocenters. The van der Waals surface area contributed by atoms with E-state index in [0.29, 0.717) is 31.9 Å². The van der Waals surface area contributed by atoms with Crippen molar-refractivity contribution in [1.82, 2.24) is 9.80 Å². The first-order valence-corrected chi connectivity index (χ1v) is 11.1. The molecule has 0 aliphatic carbocycles. The number of carbonyl (C=O) groups is 3. The molecule has 0 aromatic heterocycles. The molecule has 0 saturated carbocycles. The Morgan fingerprint density at radius 3 is 2.00 bits per heavy atom. The maximum atomic E-state index is 13.0. The van der Waals surface area contributed by atoms with E-state index in [1.165, 1.54) is 4.90 Å². The Hall–Kier alpha value is -2.29. The van der Waals surface area contributed by atoms with E-state index in [0.717, 1.165) is 4.47 Å². The summed E-state index contributed by atoms with van der Waals surface area (Å²) in [7, 11) is 0. The average Bonchev–Trinajstić information content (AvgIpc) is 2.63. The van der Waals surface area contributed by atoms with Crippen molar-refractivity contribution in [2.24, 2.45) is 0 Å². The van der Waals surface area contributed by atoms with Crippen LogP contribution in [0.25, 0.3) is 0 Å². The molecule has 0 N–H and O–H groups in total. The van der Waals surface area contributed by atoms with E-state index in [2.05, 4.69) is 15.9 Å². The van der Waals surface area contributed by atoms with Crippen LogP contribution in [0, 0.1) is 0 Å². The second-order valence-corrected chi connectivity index (χ2v) is 10.3. The van der Waals surface area contributed by atoms with Crippen molar-refractivity contribution in [3.05, 3.63) is 28.7 Å². The number of ether oxygens (including phenoxy) is 2. The van der Waals surface area contributed by atoms with Crippen LogP contribution >= 0.6 is 15.9 Å². The Balaban J connectivity index is 2.05. The molecule has 1 aliphatic rings. The first-order chi connectivity index (χ1) is 14.2. The quantitative estimate of drug-likeness (QED) is 0.622. The lowest BCUT2D eigenvalue weighted by Crippen LogP contribution is -2.54. The number of amides is 3. The predicted molar refractivity (Wildman–Crippen MR) is 122 cm³/mol. The van der Waals surface area contributed by atoms with Gasteiger partial charge < -0.3 is 19.3 Å². The van der Waals surface area contributed by atoms with Gasteiger partial charge >= 0.3 is 12.2 Å². The van der Waals surface area contributed by atoms with E-state index < -0.39 is 17.3 Å². The number of piperazine rings is 1. The van der Waals surface area contributed by atoms with Crippen molar-refractivity contribution in [3.63, 3.8) is 0 Å². The fourth-order valence-corrected chi connectivity index (χ4v) is 3.31. The summed E-state index contributed by atoms with van der Waals surface area (Å²) < 4.78 is 11.7. The summed E-state index contributed by atoms with van der Waals surface area (Å²) >= 11 is 3.40. The van der Waals surface area contributed by atoms with Gasteiger partial charge in [0.15, 0.2) is 0 Å². The second kappa shape index (κ2) is 9.89. The highest BCUT2D eigenvalue weighted by molar-refractivity contribution is 9.10. The molecule has 8 nitrogen and oxygen atoms in total. The summed E-state index contributed by atoms with van der Waals surface area (Å²) in [5.74, 6) is -0.213. The van der Waals surface area contributed by atoms with Crippen molar-refractivity contribution >= 4 is 39.7 Å². The minimum Gasteiger partial charge on any atom is -0.444 e. The van der Waals surface area contributed by atoms with Crippen LogP contribution in [0.2, 0.25) is 0 Å². The smallest absolute Gasteiger partial charge is 0.415 e. The van der Waals surface area contributed by atoms with Crippen LogP contribution in [0.15, 0.2) is 28.7 Å². The standard InChI is InChI=1S/C22H32BrN3O5/c1-21(2,3)30-19(28)25-12-10-24(11-13-25)18(27)15-26(20(29)31-22(4,5)6)17-9-7-8-16(23)14-17/h7-9,14H,10-13,15H2,1-6H3. The van der Waals surface area contributed by atoms with Crippen molar-refractivity contribution in [2.75, 3.05) is 37.6 Å². The van der Waals surface area contributed by atoms with Gasteiger partial charge in [-0.2, -0.15) is 0 Å². The monoisotopic (exact) mass is 497 g/mol. The van der Waals surface area contributed by atoms with Gasteiger partial charge in [-0.25, -0.2) is 9.59 Å². The molecule has 1 aromatic rings. The molecule has 172 valence electrons. The van der Waals surface area contributed by atoms with Crippen LogP contribution in [0.4, 0.5) is 15.3 Å². The molecular formula is C22H32BrN3O5. The number of hydrogen-bond acceptors (Lipinski definition) is 5. The van der Waals surface area contributed by atoms with Crippen LogP contribution in [0.3, 0.4) is 0 Å². The topological polar surface area (TPSA) is 79.4 Å². The summed E-state index contributed by atoms with van der Waals surface area (Å²) in [5, 5.41) is 0. The van der Waals surface area contributed by atoms with Gasteiger partial charge in [0, 0.05) is 36.3 Å². The van der Waals surface area contributed by atoms with Gasteiger partial charge in [0.1, 0.15) is 17.7 Å². The number of rotatable bonds is 3. The number of hydrogen-bond donors (Lipinski definition) is 0. The van der Waals surface area contributed by atoms with E-state index in [1.54, 1.807) is 48.8 Å². The van der Waals surface area contributed by atoms with Crippen LogP contribution < -0.4 is 4.90 Å². The fraction of sp³-hybridized carbons (Fsp3) is 0.591. The highest BCUT2D eigenvalue weighted by atomic mass is 79.9. The van der Waals surface area contributed by atoms with Gasteiger partial charge in [0.25, 0.3) is 0 Å². The molecule has 2 rings (SSSR count). The number of anilines is 1. The van der Waals surface area contributed by atoms with Gasteiger partial charge in [-0.15, -0.1) is 0 Å². The van der Waals surface area contributed by atoms with Crippen molar-refractivity contribution in [3.8, 4) is 0 Å². The molecular weight excluding hydrogens is 466 g/mol. The zero-order valence-electron chi connectivity index (χ0n) is 19.1. The maximum Gasteiger partial charge on any atom is 0.415 e. The third kappa shape index (κ3) is 8.05. The lowest BCUT2D eigenvalue weighted by Gasteiger charge is -2.36. The van der Waals surface area contributed by atoms with Gasteiger partial charge in [-0.05, 0) is 59.7 Å². The van der Waals surface area contributed by atoms with Crippen molar-refractivity contribution in [1.29, 1.82) is 0 Å². The first-order valence-electron chi connectivity index (χ1n) is 10.3. The number of benzene rings is 1. The lowest BCUT2D eigenvalue weighted by molar-refractivity contribution is -0.131. The van der Waals surface area contributed by atoms with Crippen LogP contribution in [-0.4, -0.2) is 71.8 Å². The number of nitrogens with zero attached hydrogens (tertiary/aromatic N) is 3. The summed E-state index contributed by atoms with van der Waals surface area (Å²) in [6, 6.07) is 7.15. The molecule has 0 radical (unpaired) electrons. The molecule has 0 spiro atoms. The largest absolute Gasteiger partial charge is 0.444 e. The zero-order valence-corrected chi connectivity index (χ0v) is 20.7. The summed E-state index contributed by atoms with van der Waals surface area (Å²) in [4.78, 5) is 42.6.